The average molecular weight is 178 g/mol. The van der Waals surface area contributed by atoms with E-state index in [9.17, 15) is 5.11 Å². The van der Waals surface area contributed by atoms with Gasteiger partial charge in [0.1, 0.15) is 5.60 Å². The van der Waals surface area contributed by atoms with Crippen LogP contribution in [0.2, 0.25) is 0 Å². The first kappa shape index (κ1) is 11.8. The van der Waals surface area contributed by atoms with Crippen molar-refractivity contribution in [2.75, 3.05) is 6.61 Å². The second kappa shape index (κ2) is 6.31. The van der Waals surface area contributed by atoms with Crippen LogP contribution in [0.5, 0.6) is 0 Å². The van der Waals surface area contributed by atoms with Crippen molar-refractivity contribution >= 4 is 0 Å². The molecule has 0 amide bonds. The molecule has 0 aliphatic heterocycles. The van der Waals surface area contributed by atoms with Gasteiger partial charge in [-0.3, -0.25) is 0 Å². The van der Waals surface area contributed by atoms with Crippen molar-refractivity contribution in [3.05, 3.63) is 12.2 Å². The largest absolute Gasteiger partial charge is 0.395 e. The van der Waals surface area contributed by atoms with Crippen molar-refractivity contribution < 1.29 is 10.2 Å². The third-order valence-electron chi connectivity index (χ3n) is 0.967. The van der Waals surface area contributed by atoms with E-state index in [2.05, 4.69) is 23.7 Å². The first-order valence-electron chi connectivity index (χ1n) is 4.05. The third kappa shape index (κ3) is 10.8. The van der Waals surface area contributed by atoms with Crippen LogP contribution in [0, 0.1) is 23.7 Å². The van der Waals surface area contributed by atoms with Crippen molar-refractivity contribution in [2.45, 2.75) is 25.9 Å². The number of aliphatic hydroxyl groups is 2. The first-order valence-corrected chi connectivity index (χ1v) is 4.05. The maximum atomic E-state index is 9.18. The van der Waals surface area contributed by atoms with E-state index < -0.39 is 5.60 Å². The summed E-state index contributed by atoms with van der Waals surface area (Å²) in [6, 6.07) is 0. The van der Waals surface area contributed by atoms with E-state index in [-0.39, 0.29) is 6.61 Å². The number of hydrogen-bond donors (Lipinski definition) is 2. The molecule has 0 atom stereocenters. The van der Waals surface area contributed by atoms with Crippen LogP contribution >= 0.6 is 0 Å². The van der Waals surface area contributed by atoms with Gasteiger partial charge in [0.2, 0.25) is 0 Å². The summed E-state index contributed by atoms with van der Waals surface area (Å²) in [6.07, 6.45) is 3.64. The molecule has 0 aromatic rings. The van der Waals surface area contributed by atoms with Crippen LogP contribution in [0.1, 0.15) is 20.3 Å². The van der Waals surface area contributed by atoms with Crippen LogP contribution in [-0.4, -0.2) is 22.4 Å². The number of aliphatic hydroxyl groups excluding tert-OH is 1. The van der Waals surface area contributed by atoms with Crippen molar-refractivity contribution in [1.29, 1.82) is 0 Å². The van der Waals surface area contributed by atoms with Gasteiger partial charge in [0, 0.05) is 6.42 Å². The Balaban J connectivity index is 3.88. The van der Waals surface area contributed by atoms with Gasteiger partial charge in [0.25, 0.3) is 0 Å². The predicted molar refractivity (Wildman–Crippen MR) is 52.7 cm³/mol. The molecule has 0 aliphatic carbocycles. The highest BCUT2D eigenvalue weighted by molar-refractivity contribution is 5.26. The second-order valence-electron chi connectivity index (χ2n) is 2.96. The van der Waals surface area contributed by atoms with Gasteiger partial charge in [0.05, 0.1) is 6.61 Å². The fourth-order valence-corrected chi connectivity index (χ4v) is 0.489. The Morgan fingerprint density at radius 2 is 1.85 bits per heavy atom. The van der Waals surface area contributed by atoms with E-state index >= 15 is 0 Å². The molecule has 0 bridgehead atoms. The molecule has 0 rings (SSSR count). The van der Waals surface area contributed by atoms with Crippen LogP contribution in [0.15, 0.2) is 12.2 Å². The van der Waals surface area contributed by atoms with Gasteiger partial charge < -0.3 is 10.2 Å². The zero-order chi connectivity index (χ0) is 10.2. The van der Waals surface area contributed by atoms with E-state index in [4.69, 9.17) is 5.11 Å². The molecular weight excluding hydrogens is 164 g/mol. The maximum absolute atomic E-state index is 9.18. The number of allylic oxidation sites excluding steroid dienone is 2. The standard InChI is InChI=1S/C11H14O2/c1-11(2,13)9-7-5-3-4-6-8-10-12/h3,5,12-13H,8,10H2,1-2H3/b5-3-. The molecule has 70 valence electrons. The van der Waals surface area contributed by atoms with E-state index in [0.717, 1.165) is 0 Å². The summed E-state index contributed by atoms with van der Waals surface area (Å²) in [5.74, 6) is 10.7. The zero-order valence-corrected chi connectivity index (χ0v) is 7.96. The molecule has 0 unspecified atom stereocenters. The van der Waals surface area contributed by atoms with Crippen LogP contribution in [0.25, 0.3) is 0 Å². The van der Waals surface area contributed by atoms with Gasteiger partial charge >= 0.3 is 0 Å². The Morgan fingerprint density at radius 3 is 2.38 bits per heavy atom. The summed E-state index contributed by atoms with van der Waals surface area (Å²) in [4.78, 5) is 0. The molecule has 0 saturated heterocycles. The predicted octanol–water partition coefficient (Wildman–Crippen LogP) is 0.703. The Bertz CT molecular complexity index is 273. The minimum absolute atomic E-state index is 0.0796. The molecule has 2 nitrogen and oxygen atoms in total. The highest BCUT2D eigenvalue weighted by Gasteiger charge is 2.04. The monoisotopic (exact) mass is 178 g/mol. The molecule has 0 radical (unpaired) electrons. The van der Waals surface area contributed by atoms with E-state index in [1.165, 1.54) is 0 Å². The summed E-state index contributed by atoms with van der Waals surface area (Å²) in [6.45, 7) is 3.31. The normalized spacial score (nSPS) is 10.2. The Labute approximate surface area is 79.3 Å². The lowest BCUT2D eigenvalue weighted by Crippen LogP contribution is -2.14. The molecule has 0 aliphatic rings. The van der Waals surface area contributed by atoms with Crippen molar-refractivity contribution in [1.82, 2.24) is 0 Å². The molecule has 2 N–H and O–H groups in total. The highest BCUT2D eigenvalue weighted by atomic mass is 16.3. The molecule has 0 spiro atoms. The van der Waals surface area contributed by atoms with Crippen molar-refractivity contribution in [3.8, 4) is 23.7 Å². The van der Waals surface area contributed by atoms with E-state index in [0.29, 0.717) is 6.42 Å². The van der Waals surface area contributed by atoms with E-state index in [1.807, 2.05) is 0 Å². The SMILES string of the molecule is CC(C)(O)C#C/C=C\C#CCCO. The smallest absolute Gasteiger partial charge is 0.120 e. The molecular formula is C11H14O2. The molecule has 0 fully saturated rings. The topological polar surface area (TPSA) is 40.5 Å². The lowest BCUT2D eigenvalue weighted by atomic mass is 10.1. The minimum Gasteiger partial charge on any atom is -0.395 e. The fourth-order valence-electron chi connectivity index (χ4n) is 0.489. The summed E-state index contributed by atoms with van der Waals surface area (Å²) in [5, 5.41) is 17.6. The van der Waals surface area contributed by atoms with Crippen LogP contribution < -0.4 is 0 Å². The molecule has 13 heavy (non-hydrogen) atoms. The molecule has 0 aromatic carbocycles. The maximum Gasteiger partial charge on any atom is 0.120 e. The molecule has 0 aromatic heterocycles. The van der Waals surface area contributed by atoms with Crippen molar-refractivity contribution in [3.63, 3.8) is 0 Å². The lowest BCUT2D eigenvalue weighted by Gasteiger charge is -2.04. The lowest BCUT2D eigenvalue weighted by molar-refractivity contribution is 0.143. The van der Waals surface area contributed by atoms with Crippen LogP contribution in [0.3, 0.4) is 0 Å². The van der Waals surface area contributed by atoms with Gasteiger partial charge in [-0.15, -0.1) is 0 Å². The van der Waals surface area contributed by atoms with Gasteiger partial charge in [-0.05, 0) is 26.0 Å². The Hall–Kier alpha value is -1.22. The fraction of sp³-hybridized carbons (Fsp3) is 0.455. The van der Waals surface area contributed by atoms with Gasteiger partial charge in [-0.1, -0.05) is 23.7 Å². The van der Waals surface area contributed by atoms with Gasteiger partial charge in [0.15, 0.2) is 0 Å². The highest BCUT2D eigenvalue weighted by Crippen LogP contribution is 1.95. The van der Waals surface area contributed by atoms with Crippen molar-refractivity contribution in [2.24, 2.45) is 0 Å². The van der Waals surface area contributed by atoms with Crippen LogP contribution in [0.4, 0.5) is 0 Å². The van der Waals surface area contributed by atoms with Gasteiger partial charge in [-0.25, -0.2) is 0 Å². The summed E-state index contributed by atoms with van der Waals surface area (Å²) >= 11 is 0. The third-order valence-corrected chi connectivity index (χ3v) is 0.967. The first-order chi connectivity index (χ1) is 6.06. The Kier molecular flexibility index (Phi) is 5.72. The second-order valence-corrected chi connectivity index (χ2v) is 2.96. The van der Waals surface area contributed by atoms with E-state index in [1.54, 1.807) is 26.0 Å². The number of rotatable bonds is 1. The Morgan fingerprint density at radius 1 is 1.23 bits per heavy atom. The average Bonchev–Trinajstić information content (AvgIpc) is 2.01. The summed E-state index contributed by atoms with van der Waals surface area (Å²) < 4.78 is 0. The van der Waals surface area contributed by atoms with Crippen LogP contribution in [-0.2, 0) is 0 Å². The number of hydrogen-bond acceptors (Lipinski definition) is 2. The summed E-state index contributed by atoms with van der Waals surface area (Å²) in [7, 11) is 0. The molecule has 2 heteroatoms. The quantitative estimate of drug-likeness (QED) is 0.580. The molecule has 0 saturated carbocycles. The zero-order valence-electron chi connectivity index (χ0n) is 7.96. The summed E-state index contributed by atoms with van der Waals surface area (Å²) in [5.41, 5.74) is -0.955. The molecule has 0 heterocycles. The minimum atomic E-state index is -0.955. The van der Waals surface area contributed by atoms with Gasteiger partial charge in [-0.2, -0.15) is 0 Å².